The number of hydrogen-bond donors (Lipinski definition) is 2. The lowest BCUT2D eigenvalue weighted by atomic mass is 9.81. The number of nitrogens with zero attached hydrogens (tertiary/aromatic N) is 1. The SMILES string of the molecule is CCNc1cc(S(=O)(=O)NC(C)C2CCC2)ccn1. The molecule has 1 atom stereocenters. The summed E-state index contributed by atoms with van der Waals surface area (Å²) >= 11 is 0. The van der Waals surface area contributed by atoms with Crippen molar-refractivity contribution in [2.75, 3.05) is 11.9 Å². The fourth-order valence-corrected chi connectivity index (χ4v) is 3.53. The summed E-state index contributed by atoms with van der Waals surface area (Å²) < 4.78 is 27.3. The maximum absolute atomic E-state index is 12.3. The van der Waals surface area contributed by atoms with Crippen molar-refractivity contribution in [1.29, 1.82) is 0 Å². The van der Waals surface area contributed by atoms with Gasteiger partial charge >= 0.3 is 0 Å². The Morgan fingerprint density at radius 2 is 2.21 bits per heavy atom. The normalized spacial score (nSPS) is 17.8. The largest absolute Gasteiger partial charge is 0.370 e. The van der Waals surface area contributed by atoms with Crippen LogP contribution in [0.3, 0.4) is 0 Å². The zero-order chi connectivity index (χ0) is 13.9. The first-order chi connectivity index (χ1) is 9.03. The number of anilines is 1. The molecule has 2 rings (SSSR count). The summed E-state index contributed by atoms with van der Waals surface area (Å²) in [5.41, 5.74) is 0. The predicted octanol–water partition coefficient (Wildman–Crippen LogP) is 1.98. The van der Waals surface area contributed by atoms with Gasteiger partial charge in [-0.05, 0) is 38.7 Å². The highest BCUT2D eigenvalue weighted by molar-refractivity contribution is 7.89. The van der Waals surface area contributed by atoms with Gasteiger partial charge in [-0.1, -0.05) is 6.42 Å². The van der Waals surface area contributed by atoms with Crippen molar-refractivity contribution in [3.63, 3.8) is 0 Å². The smallest absolute Gasteiger partial charge is 0.241 e. The molecule has 1 heterocycles. The van der Waals surface area contributed by atoms with Gasteiger partial charge in [0.25, 0.3) is 0 Å². The minimum atomic E-state index is -3.45. The first kappa shape index (κ1) is 14.3. The molecule has 1 unspecified atom stereocenters. The molecule has 0 aliphatic heterocycles. The number of pyridine rings is 1. The van der Waals surface area contributed by atoms with Gasteiger partial charge in [0, 0.05) is 24.8 Å². The molecule has 1 aliphatic carbocycles. The van der Waals surface area contributed by atoms with Crippen molar-refractivity contribution in [3.8, 4) is 0 Å². The van der Waals surface area contributed by atoms with Crippen LogP contribution >= 0.6 is 0 Å². The van der Waals surface area contributed by atoms with Gasteiger partial charge in [-0.3, -0.25) is 0 Å². The first-order valence-electron chi connectivity index (χ1n) is 6.75. The molecule has 1 aliphatic rings. The fraction of sp³-hybridized carbons (Fsp3) is 0.615. The van der Waals surface area contributed by atoms with E-state index in [-0.39, 0.29) is 10.9 Å². The van der Waals surface area contributed by atoms with Crippen LogP contribution in [0.4, 0.5) is 5.82 Å². The Morgan fingerprint density at radius 3 is 2.79 bits per heavy atom. The summed E-state index contributed by atoms with van der Waals surface area (Å²) in [5, 5.41) is 3.02. The molecule has 19 heavy (non-hydrogen) atoms. The summed E-state index contributed by atoms with van der Waals surface area (Å²) in [4.78, 5) is 4.35. The van der Waals surface area contributed by atoms with Gasteiger partial charge in [0.15, 0.2) is 0 Å². The van der Waals surface area contributed by atoms with E-state index in [1.807, 2.05) is 13.8 Å². The Balaban J connectivity index is 2.11. The highest BCUT2D eigenvalue weighted by Crippen LogP contribution is 2.30. The van der Waals surface area contributed by atoms with E-state index in [2.05, 4.69) is 15.0 Å². The zero-order valence-corrected chi connectivity index (χ0v) is 12.2. The lowest BCUT2D eigenvalue weighted by Gasteiger charge is -2.31. The molecule has 1 aromatic heterocycles. The Labute approximate surface area is 114 Å². The maximum Gasteiger partial charge on any atom is 0.241 e. The van der Waals surface area contributed by atoms with Crippen molar-refractivity contribution in [1.82, 2.24) is 9.71 Å². The molecule has 2 N–H and O–H groups in total. The van der Waals surface area contributed by atoms with Crippen LogP contribution in [0.5, 0.6) is 0 Å². The van der Waals surface area contributed by atoms with Gasteiger partial charge in [-0.2, -0.15) is 0 Å². The summed E-state index contributed by atoms with van der Waals surface area (Å²) in [6, 6.07) is 3.09. The molecule has 0 aromatic carbocycles. The van der Waals surface area contributed by atoms with Crippen LogP contribution < -0.4 is 10.0 Å². The Kier molecular flexibility index (Phi) is 4.42. The van der Waals surface area contributed by atoms with Crippen LogP contribution in [0.1, 0.15) is 33.1 Å². The lowest BCUT2D eigenvalue weighted by Crippen LogP contribution is -2.40. The predicted molar refractivity (Wildman–Crippen MR) is 75.5 cm³/mol. The van der Waals surface area contributed by atoms with Crippen LogP contribution in [-0.2, 0) is 10.0 Å². The van der Waals surface area contributed by atoms with E-state index >= 15 is 0 Å². The van der Waals surface area contributed by atoms with Gasteiger partial charge in [0.05, 0.1) is 4.90 Å². The highest BCUT2D eigenvalue weighted by atomic mass is 32.2. The molecule has 1 saturated carbocycles. The van der Waals surface area contributed by atoms with E-state index in [4.69, 9.17) is 0 Å². The number of sulfonamides is 1. The number of nitrogens with one attached hydrogen (secondary N) is 2. The minimum Gasteiger partial charge on any atom is -0.370 e. The van der Waals surface area contributed by atoms with E-state index < -0.39 is 10.0 Å². The van der Waals surface area contributed by atoms with Crippen LogP contribution in [0.2, 0.25) is 0 Å². The van der Waals surface area contributed by atoms with Crippen molar-refractivity contribution in [2.45, 2.75) is 44.0 Å². The standard InChI is InChI=1S/C13H21N3O2S/c1-3-14-13-9-12(7-8-15-13)19(17,18)16-10(2)11-5-4-6-11/h7-11,16H,3-6H2,1-2H3,(H,14,15). The van der Waals surface area contributed by atoms with E-state index in [0.29, 0.717) is 18.3 Å². The molecule has 5 nitrogen and oxygen atoms in total. The first-order valence-corrected chi connectivity index (χ1v) is 8.23. The molecule has 0 bridgehead atoms. The summed E-state index contributed by atoms with van der Waals surface area (Å²) in [7, 11) is -3.45. The van der Waals surface area contributed by atoms with Crippen LogP contribution in [0.25, 0.3) is 0 Å². The topological polar surface area (TPSA) is 71.1 Å². The second kappa shape index (κ2) is 5.88. The second-order valence-corrected chi connectivity index (χ2v) is 6.72. The fourth-order valence-electron chi connectivity index (χ4n) is 2.20. The number of rotatable bonds is 6. The average molecular weight is 283 g/mol. The van der Waals surface area contributed by atoms with Crippen molar-refractivity contribution in [3.05, 3.63) is 18.3 Å². The Hall–Kier alpha value is -1.14. The summed E-state index contributed by atoms with van der Waals surface area (Å²) in [5.74, 6) is 1.06. The molecule has 0 amide bonds. The highest BCUT2D eigenvalue weighted by Gasteiger charge is 2.27. The minimum absolute atomic E-state index is 0.00509. The van der Waals surface area contributed by atoms with Gasteiger partial charge < -0.3 is 5.32 Å². The molecule has 0 spiro atoms. The van der Waals surface area contributed by atoms with Crippen molar-refractivity contribution in [2.24, 2.45) is 5.92 Å². The molecular formula is C13H21N3O2S. The van der Waals surface area contributed by atoms with E-state index in [1.165, 1.54) is 18.7 Å². The molecule has 1 fully saturated rings. The van der Waals surface area contributed by atoms with Gasteiger partial charge in [-0.25, -0.2) is 18.1 Å². The summed E-state index contributed by atoms with van der Waals surface area (Å²) in [6.45, 7) is 4.59. The monoisotopic (exact) mass is 283 g/mol. The van der Waals surface area contributed by atoms with Gasteiger partial charge in [0.1, 0.15) is 5.82 Å². The average Bonchev–Trinajstić information content (AvgIpc) is 2.26. The van der Waals surface area contributed by atoms with Crippen LogP contribution in [0, 0.1) is 5.92 Å². The quantitative estimate of drug-likeness (QED) is 0.837. The van der Waals surface area contributed by atoms with Crippen LogP contribution in [-0.4, -0.2) is 26.0 Å². The Bertz CT molecular complexity index is 526. The summed E-state index contributed by atoms with van der Waals surface area (Å²) in [6.07, 6.45) is 4.95. The Morgan fingerprint density at radius 1 is 1.47 bits per heavy atom. The van der Waals surface area contributed by atoms with Crippen molar-refractivity contribution < 1.29 is 8.42 Å². The third-order valence-electron chi connectivity index (χ3n) is 3.60. The zero-order valence-electron chi connectivity index (χ0n) is 11.4. The van der Waals surface area contributed by atoms with E-state index in [0.717, 1.165) is 12.8 Å². The number of hydrogen-bond acceptors (Lipinski definition) is 4. The molecule has 1 aromatic rings. The third-order valence-corrected chi connectivity index (χ3v) is 5.15. The molecule has 0 radical (unpaired) electrons. The molecule has 0 saturated heterocycles. The molecule has 106 valence electrons. The third kappa shape index (κ3) is 3.45. The number of aromatic nitrogens is 1. The van der Waals surface area contributed by atoms with Gasteiger partial charge in [0.2, 0.25) is 10.0 Å². The second-order valence-electron chi connectivity index (χ2n) is 5.01. The lowest BCUT2D eigenvalue weighted by molar-refractivity contribution is 0.260. The van der Waals surface area contributed by atoms with E-state index in [9.17, 15) is 8.42 Å². The van der Waals surface area contributed by atoms with Gasteiger partial charge in [-0.15, -0.1) is 0 Å². The van der Waals surface area contributed by atoms with E-state index in [1.54, 1.807) is 6.07 Å². The van der Waals surface area contributed by atoms with Crippen molar-refractivity contribution >= 4 is 15.8 Å². The maximum atomic E-state index is 12.3. The molecular weight excluding hydrogens is 262 g/mol. The van der Waals surface area contributed by atoms with Crippen LogP contribution in [0.15, 0.2) is 23.2 Å². The molecule has 6 heteroatoms.